The van der Waals surface area contributed by atoms with E-state index in [1.807, 2.05) is 38.1 Å². The number of amides is 2. The minimum absolute atomic E-state index is 0.0733. The molecule has 0 fully saturated rings. The average molecular weight is 336 g/mol. The molecule has 136 valence electrons. The molecule has 2 unspecified atom stereocenters. The molecule has 0 bridgehead atoms. The lowest BCUT2D eigenvalue weighted by atomic mass is 9.87. The predicted molar refractivity (Wildman–Crippen MR) is 97.2 cm³/mol. The third kappa shape index (κ3) is 6.79. The SMILES string of the molecule is COc1ccc(C(NC(=O)NCC(C)(C)CC(C)O)C(C)C)cc1. The summed E-state index contributed by atoms with van der Waals surface area (Å²) in [7, 11) is 1.63. The fourth-order valence-corrected chi connectivity index (χ4v) is 2.83. The molecule has 0 radical (unpaired) electrons. The van der Waals surface area contributed by atoms with Gasteiger partial charge in [-0.05, 0) is 42.4 Å². The van der Waals surface area contributed by atoms with Crippen molar-refractivity contribution < 1.29 is 14.6 Å². The highest BCUT2D eigenvalue weighted by Gasteiger charge is 2.23. The van der Waals surface area contributed by atoms with Crippen LogP contribution in [0, 0.1) is 11.3 Å². The lowest BCUT2D eigenvalue weighted by Gasteiger charge is -2.28. The van der Waals surface area contributed by atoms with Gasteiger partial charge in [0.05, 0.1) is 19.3 Å². The van der Waals surface area contributed by atoms with Gasteiger partial charge in [-0.3, -0.25) is 0 Å². The molecular weight excluding hydrogens is 304 g/mol. The molecule has 24 heavy (non-hydrogen) atoms. The minimum atomic E-state index is -0.382. The zero-order chi connectivity index (χ0) is 18.3. The van der Waals surface area contributed by atoms with E-state index in [0.29, 0.717) is 13.0 Å². The van der Waals surface area contributed by atoms with E-state index in [4.69, 9.17) is 4.74 Å². The monoisotopic (exact) mass is 336 g/mol. The molecule has 0 aromatic heterocycles. The van der Waals surface area contributed by atoms with Crippen LogP contribution >= 0.6 is 0 Å². The van der Waals surface area contributed by atoms with E-state index in [9.17, 15) is 9.90 Å². The Hall–Kier alpha value is -1.75. The van der Waals surface area contributed by atoms with Crippen molar-refractivity contribution in [1.29, 1.82) is 0 Å². The van der Waals surface area contributed by atoms with Gasteiger partial charge in [-0.1, -0.05) is 39.8 Å². The number of methoxy groups -OCH3 is 1. The fourth-order valence-electron chi connectivity index (χ4n) is 2.83. The highest BCUT2D eigenvalue weighted by atomic mass is 16.5. The number of aliphatic hydroxyl groups excluding tert-OH is 1. The largest absolute Gasteiger partial charge is 0.497 e. The standard InChI is InChI=1S/C19H32N2O3/c1-13(2)17(15-7-9-16(24-6)10-8-15)21-18(23)20-12-19(4,5)11-14(3)22/h7-10,13-14,17,22H,11-12H2,1-6H3,(H2,20,21,23). The lowest BCUT2D eigenvalue weighted by molar-refractivity contribution is 0.128. The quantitative estimate of drug-likeness (QED) is 0.680. The molecule has 5 nitrogen and oxygen atoms in total. The van der Waals surface area contributed by atoms with Gasteiger partial charge in [0.15, 0.2) is 0 Å². The Morgan fingerprint density at radius 3 is 2.25 bits per heavy atom. The first kappa shape index (κ1) is 20.3. The van der Waals surface area contributed by atoms with Gasteiger partial charge in [0.1, 0.15) is 5.75 Å². The molecule has 5 heteroatoms. The van der Waals surface area contributed by atoms with E-state index in [1.165, 1.54) is 0 Å². The summed E-state index contributed by atoms with van der Waals surface area (Å²) in [6.45, 7) is 10.5. The second-order valence-corrected chi connectivity index (χ2v) is 7.54. The van der Waals surface area contributed by atoms with E-state index in [0.717, 1.165) is 11.3 Å². The Morgan fingerprint density at radius 1 is 1.21 bits per heavy atom. The van der Waals surface area contributed by atoms with E-state index in [1.54, 1.807) is 14.0 Å². The lowest BCUT2D eigenvalue weighted by Crippen LogP contribution is -2.43. The average Bonchev–Trinajstić information content (AvgIpc) is 2.49. The van der Waals surface area contributed by atoms with Crippen LogP contribution in [0.2, 0.25) is 0 Å². The highest BCUT2D eigenvalue weighted by molar-refractivity contribution is 5.74. The van der Waals surface area contributed by atoms with Crippen molar-refractivity contribution in [2.45, 2.75) is 53.2 Å². The van der Waals surface area contributed by atoms with Crippen LogP contribution in [0.25, 0.3) is 0 Å². The summed E-state index contributed by atoms with van der Waals surface area (Å²) < 4.78 is 5.18. The van der Waals surface area contributed by atoms with Crippen LogP contribution in [0.4, 0.5) is 4.79 Å². The summed E-state index contributed by atoms with van der Waals surface area (Å²) >= 11 is 0. The summed E-state index contributed by atoms with van der Waals surface area (Å²) in [6, 6.07) is 7.48. The topological polar surface area (TPSA) is 70.6 Å². The summed E-state index contributed by atoms with van der Waals surface area (Å²) in [6.07, 6.45) is 0.256. The molecule has 0 heterocycles. The van der Waals surface area contributed by atoms with E-state index < -0.39 is 0 Å². The molecule has 1 aromatic carbocycles. The number of carbonyl (C=O) groups is 1. The van der Waals surface area contributed by atoms with Crippen LogP contribution in [0.15, 0.2) is 24.3 Å². The van der Waals surface area contributed by atoms with Crippen LogP contribution in [0.3, 0.4) is 0 Å². The van der Waals surface area contributed by atoms with Crippen molar-refractivity contribution in [2.75, 3.05) is 13.7 Å². The van der Waals surface area contributed by atoms with Gasteiger partial charge in [-0.25, -0.2) is 4.79 Å². The Morgan fingerprint density at radius 2 is 1.79 bits per heavy atom. The Bertz CT molecular complexity index is 510. The predicted octanol–water partition coefficient (Wildman–Crippen LogP) is 3.49. The number of urea groups is 1. The number of hydrogen-bond donors (Lipinski definition) is 3. The molecule has 0 saturated carbocycles. The molecule has 0 aliphatic rings. The molecule has 1 aromatic rings. The highest BCUT2D eigenvalue weighted by Crippen LogP contribution is 2.24. The molecule has 0 aliphatic heterocycles. The van der Waals surface area contributed by atoms with Gasteiger partial charge >= 0.3 is 6.03 Å². The van der Waals surface area contributed by atoms with E-state index in [-0.39, 0.29) is 29.5 Å². The van der Waals surface area contributed by atoms with Crippen molar-refractivity contribution in [1.82, 2.24) is 10.6 Å². The Balaban J connectivity index is 2.66. The Labute approximate surface area is 145 Å². The Kier molecular flexibility index (Phi) is 7.55. The molecule has 0 saturated heterocycles. The second-order valence-electron chi connectivity index (χ2n) is 7.54. The number of benzene rings is 1. The van der Waals surface area contributed by atoms with Gasteiger partial charge in [0, 0.05) is 6.54 Å². The number of nitrogens with one attached hydrogen (secondary N) is 2. The van der Waals surface area contributed by atoms with Crippen molar-refractivity contribution in [3.8, 4) is 5.75 Å². The summed E-state index contributed by atoms with van der Waals surface area (Å²) in [5.74, 6) is 1.06. The van der Waals surface area contributed by atoms with Crippen LogP contribution in [-0.2, 0) is 0 Å². The zero-order valence-corrected chi connectivity index (χ0v) is 15.7. The maximum atomic E-state index is 12.3. The maximum absolute atomic E-state index is 12.3. The first-order chi connectivity index (χ1) is 11.1. The molecule has 0 spiro atoms. The summed E-state index contributed by atoms with van der Waals surface area (Å²) in [4.78, 5) is 12.3. The zero-order valence-electron chi connectivity index (χ0n) is 15.7. The summed E-state index contributed by atoms with van der Waals surface area (Å²) in [5.41, 5.74) is 0.892. The first-order valence-electron chi connectivity index (χ1n) is 8.51. The molecule has 0 aliphatic carbocycles. The van der Waals surface area contributed by atoms with Gasteiger partial charge in [0.25, 0.3) is 0 Å². The summed E-state index contributed by atoms with van der Waals surface area (Å²) in [5, 5.41) is 15.5. The third-order valence-corrected chi connectivity index (χ3v) is 4.00. The van der Waals surface area contributed by atoms with E-state index in [2.05, 4.69) is 24.5 Å². The first-order valence-corrected chi connectivity index (χ1v) is 8.51. The van der Waals surface area contributed by atoms with Crippen molar-refractivity contribution in [3.63, 3.8) is 0 Å². The molecule has 1 rings (SSSR count). The van der Waals surface area contributed by atoms with Crippen molar-refractivity contribution in [2.24, 2.45) is 11.3 Å². The molecular formula is C19H32N2O3. The maximum Gasteiger partial charge on any atom is 0.315 e. The van der Waals surface area contributed by atoms with Gasteiger partial charge in [-0.2, -0.15) is 0 Å². The normalized spacial score (nSPS) is 14.2. The number of hydrogen-bond acceptors (Lipinski definition) is 3. The van der Waals surface area contributed by atoms with E-state index >= 15 is 0 Å². The molecule has 2 amide bonds. The fraction of sp³-hybridized carbons (Fsp3) is 0.632. The van der Waals surface area contributed by atoms with Crippen LogP contribution in [0.1, 0.15) is 52.6 Å². The van der Waals surface area contributed by atoms with Crippen LogP contribution in [-0.4, -0.2) is 30.9 Å². The second kappa shape index (κ2) is 8.92. The van der Waals surface area contributed by atoms with Crippen LogP contribution in [0.5, 0.6) is 5.75 Å². The number of carbonyl (C=O) groups excluding carboxylic acids is 1. The van der Waals surface area contributed by atoms with Crippen LogP contribution < -0.4 is 15.4 Å². The van der Waals surface area contributed by atoms with Gasteiger partial charge in [0.2, 0.25) is 0 Å². The van der Waals surface area contributed by atoms with Crippen molar-refractivity contribution in [3.05, 3.63) is 29.8 Å². The minimum Gasteiger partial charge on any atom is -0.497 e. The number of aliphatic hydroxyl groups is 1. The van der Waals surface area contributed by atoms with Gasteiger partial charge < -0.3 is 20.5 Å². The van der Waals surface area contributed by atoms with Gasteiger partial charge in [-0.15, -0.1) is 0 Å². The molecule has 2 atom stereocenters. The number of ether oxygens (including phenoxy) is 1. The smallest absolute Gasteiger partial charge is 0.315 e. The molecule has 3 N–H and O–H groups in total. The number of rotatable bonds is 8. The third-order valence-electron chi connectivity index (χ3n) is 4.00. The van der Waals surface area contributed by atoms with Crippen molar-refractivity contribution >= 4 is 6.03 Å².